The van der Waals surface area contributed by atoms with Crippen molar-refractivity contribution in [3.8, 4) is 11.1 Å². The van der Waals surface area contributed by atoms with Crippen LogP contribution >= 0.6 is 23.5 Å². The number of thioether (sulfide) groups is 2. The maximum absolute atomic E-state index is 3.94. The van der Waals surface area contributed by atoms with Crippen LogP contribution in [0.4, 0.5) is 0 Å². The Labute approximate surface area is 219 Å². The van der Waals surface area contributed by atoms with Gasteiger partial charge in [0.25, 0.3) is 0 Å². The van der Waals surface area contributed by atoms with Gasteiger partial charge in [0, 0.05) is 17.4 Å². The standard InChI is InChI=1S/C33H32S2/c1-3-24-34-33(31-21-19-29(20-22-31)28-15-9-5-10-16-28)35-25-23-32(30-17-11-6-12-18-30)26(2)27-13-7-4-8-14-27/h3-23,26,33H,1,24-25H2,2H3/b32-23-. The van der Waals surface area contributed by atoms with Crippen LogP contribution in [0.3, 0.4) is 0 Å². The van der Waals surface area contributed by atoms with Crippen molar-refractivity contribution in [3.63, 3.8) is 0 Å². The van der Waals surface area contributed by atoms with E-state index < -0.39 is 0 Å². The third-order valence-electron chi connectivity index (χ3n) is 6.08. The van der Waals surface area contributed by atoms with Crippen molar-refractivity contribution in [3.05, 3.63) is 151 Å². The summed E-state index contributed by atoms with van der Waals surface area (Å²) in [4.78, 5) is 0. The van der Waals surface area contributed by atoms with Gasteiger partial charge in [-0.05, 0) is 33.4 Å². The maximum atomic E-state index is 3.94. The third-order valence-corrected chi connectivity index (χ3v) is 8.83. The molecule has 2 unspecified atom stereocenters. The van der Waals surface area contributed by atoms with Crippen molar-refractivity contribution in [1.29, 1.82) is 0 Å². The van der Waals surface area contributed by atoms with E-state index in [2.05, 4.69) is 135 Å². The van der Waals surface area contributed by atoms with Crippen molar-refractivity contribution in [2.24, 2.45) is 0 Å². The Bertz CT molecular complexity index is 1200. The lowest BCUT2D eigenvalue weighted by Gasteiger charge is -2.19. The van der Waals surface area contributed by atoms with Gasteiger partial charge >= 0.3 is 0 Å². The number of hydrogen-bond acceptors (Lipinski definition) is 2. The first kappa shape index (κ1) is 25.2. The van der Waals surface area contributed by atoms with Crippen molar-refractivity contribution < 1.29 is 0 Å². The lowest BCUT2D eigenvalue weighted by atomic mass is 9.88. The monoisotopic (exact) mass is 492 g/mol. The predicted octanol–water partition coefficient (Wildman–Crippen LogP) is 9.89. The van der Waals surface area contributed by atoms with Gasteiger partial charge in [-0.2, -0.15) is 0 Å². The Morgan fingerprint density at radius 1 is 0.657 bits per heavy atom. The molecule has 0 amide bonds. The Morgan fingerprint density at radius 3 is 1.83 bits per heavy atom. The van der Waals surface area contributed by atoms with Gasteiger partial charge in [0.1, 0.15) is 0 Å². The van der Waals surface area contributed by atoms with Crippen LogP contribution in [0.2, 0.25) is 0 Å². The van der Waals surface area contributed by atoms with Crippen molar-refractivity contribution >= 4 is 29.1 Å². The minimum atomic E-state index is 0.337. The number of allylic oxidation sites excluding steroid dienone is 1. The lowest BCUT2D eigenvalue weighted by Crippen LogP contribution is -1.99. The molecule has 0 aromatic heterocycles. The molecule has 0 spiro atoms. The predicted molar refractivity (Wildman–Crippen MR) is 159 cm³/mol. The first-order valence-electron chi connectivity index (χ1n) is 12.1. The van der Waals surface area contributed by atoms with Crippen molar-refractivity contribution in [1.82, 2.24) is 0 Å². The summed E-state index contributed by atoms with van der Waals surface area (Å²) in [7, 11) is 0. The Morgan fingerprint density at radius 2 is 1.20 bits per heavy atom. The second-order valence-electron chi connectivity index (χ2n) is 8.43. The minimum absolute atomic E-state index is 0.337. The van der Waals surface area contributed by atoms with Crippen LogP contribution in [0.25, 0.3) is 16.7 Å². The molecule has 4 aromatic rings. The summed E-state index contributed by atoms with van der Waals surface area (Å²) < 4.78 is 0.359. The molecule has 0 aliphatic carbocycles. The number of rotatable bonds is 11. The van der Waals surface area contributed by atoms with Crippen molar-refractivity contribution in [2.75, 3.05) is 11.5 Å². The van der Waals surface area contributed by atoms with Crippen molar-refractivity contribution in [2.45, 2.75) is 17.4 Å². The second kappa shape index (κ2) is 13.2. The largest absolute Gasteiger partial charge is 0.139 e. The average molecular weight is 493 g/mol. The molecule has 4 rings (SSSR count). The van der Waals surface area contributed by atoms with Crippen LogP contribution in [-0.2, 0) is 0 Å². The average Bonchev–Trinajstić information content (AvgIpc) is 2.94. The summed E-state index contributed by atoms with van der Waals surface area (Å²) in [6, 6.07) is 41.2. The van der Waals surface area contributed by atoms with Crippen LogP contribution in [0.15, 0.2) is 134 Å². The first-order valence-corrected chi connectivity index (χ1v) is 14.2. The van der Waals surface area contributed by atoms with E-state index >= 15 is 0 Å². The van der Waals surface area contributed by atoms with Gasteiger partial charge in [0.2, 0.25) is 0 Å². The van der Waals surface area contributed by atoms with E-state index in [4.69, 9.17) is 0 Å². The van der Waals surface area contributed by atoms with Crippen LogP contribution in [0.1, 0.15) is 34.1 Å². The summed E-state index contributed by atoms with van der Waals surface area (Å²) >= 11 is 3.93. The molecule has 4 aromatic carbocycles. The molecule has 2 atom stereocenters. The summed E-state index contributed by atoms with van der Waals surface area (Å²) in [6.45, 7) is 6.25. The molecule has 0 saturated heterocycles. The highest BCUT2D eigenvalue weighted by Crippen LogP contribution is 2.41. The van der Waals surface area contributed by atoms with Gasteiger partial charge in [-0.3, -0.25) is 0 Å². The molecule has 0 bridgehead atoms. The molecule has 0 N–H and O–H groups in total. The minimum Gasteiger partial charge on any atom is -0.139 e. The Balaban J connectivity index is 1.53. The summed E-state index contributed by atoms with van der Waals surface area (Å²) in [6.07, 6.45) is 4.43. The fourth-order valence-corrected chi connectivity index (χ4v) is 6.50. The van der Waals surface area contributed by atoms with E-state index in [1.807, 2.05) is 29.6 Å². The quantitative estimate of drug-likeness (QED) is 0.151. The fourth-order valence-electron chi connectivity index (χ4n) is 4.18. The van der Waals surface area contributed by atoms with Gasteiger partial charge in [-0.1, -0.05) is 134 Å². The van der Waals surface area contributed by atoms with Crippen LogP contribution in [0, 0.1) is 0 Å². The maximum Gasteiger partial charge on any atom is 0.0757 e. The van der Waals surface area contributed by atoms with E-state index in [1.54, 1.807) is 0 Å². The molecule has 35 heavy (non-hydrogen) atoms. The molecule has 0 nitrogen and oxygen atoms in total. The Kier molecular flexibility index (Phi) is 9.51. The van der Waals surface area contributed by atoms with E-state index in [9.17, 15) is 0 Å². The second-order valence-corrected chi connectivity index (χ2v) is 11.0. The third kappa shape index (κ3) is 7.04. The zero-order valence-corrected chi connectivity index (χ0v) is 21.8. The SMILES string of the molecule is C=CCSC(SC/C=C(\c1ccccc1)C(C)c1ccccc1)c1ccc(-c2ccccc2)cc1. The molecule has 0 heterocycles. The normalized spacial score (nSPS) is 13.2. The molecule has 0 radical (unpaired) electrons. The van der Waals surface area contributed by atoms with Gasteiger partial charge < -0.3 is 0 Å². The van der Waals surface area contributed by atoms with Gasteiger partial charge in [0.05, 0.1) is 4.58 Å². The summed E-state index contributed by atoms with van der Waals surface area (Å²) in [5, 5.41) is 0. The molecular formula is C33H32S2. The molecule has 2 heteroatoms. The molecule has 0 aliphatic rings. The molecule has 0 fully saturated rings. The lowest BCUT2D eigenvalue weighted by molar-refractivity contribution is 0.987. The highest BCUT2D eigenvalue weighted by atomic mass is 32.2. The summed E-state index contributed by atoms with van der Waals surface area (Å²) in [5.41, 5.74) is 7.90. The van der Waals surface area contributed by atoms with Crippen LogP contribution in [0.5, 0.6) is 0 Å². The van der Waals surface area contributed by atoms with Crippen LogP contribution in [-0.4, -0.2) is 11.5 Å². The van der Waals surface area contributed by atoms with Gasteiger partial charge in [0.15, 0.2) is 0 Å². The van der Waals surface area contributed by atoms with Gasteiger partial charge in [-0.15, -0.1) is 30.1 Å². The smallest absolute Gasteiger partial charge is 0.0757 e. The number of benzene rings is 4. The highest BCUT2D eigenvalue weighted by Gasteiger charge is 2.15. The Hall–Kier alpha value is -2.94. The molecule has 176 valence electrons. The highest BCUT2D eigenvalue weighted by molar-refractivity contribution is 8.16. The van der Waals surface area contributed by atoms with E-state index in [0.29, 0.717) is 10.5 Å². The molecule has 0 saturated carbocycles. The first-order chi connectivity index (χ1) is 17.3. The van der Waals surface area contributed by atoms with Gasteiger partial charge in [-0.25, -0.2) is 0 Å². The van der Waals surface area contributed by atoms with Crippen LogP contribution < -0.4 is 0 Å². The zero-order valence-electron chi connectivity index (χ0n) is 20.2. The molecular weight excluding hydrogens is 460 g/mol. The zero-order chi connectivity index (χ0) is 24.3. The van der Waals surface area contributed by atoms with E-state index in [0.717, 1.165) is 11.5 Å². The topological polar surface area (TPSA) is 0 Å². The summed E-state index contributed by atoms with van der Waals surface area (Å²) in [5.74, 6) is 2.23. The number of hydrogen-bond donors (Lipinski definition) is 0. The fraction of sp³-hybridized carbons (Fsp3) is 0.152. The molecule has 0 aliphatic heterocycles. The van der Waals surface area contributed by atoms with E-state index in [-0.39, 0.29) is 0 Å². The van der Waals surface area contributed by atoms with E-state index in [1.165, 1.54) is 33.4 Å².